The molecule has 1 rings (SSSR count). The lowest BCUT2D eigenvalue weighted by molar-refractivity contribution is 0.109. The van der Waals surface area contributed by atoms with E-state index in [1.807, 2.05) is 13.8 Å². The molecule has 1 aromatic carbocycles. The molecule has 0 unspecified atom stereocenters. The zero-order valence-corrected chi connectivity index (χ0v) is 17.7. The Balaban J connectivity index is 2.35. The lowest BCUT2D eigenvalue weighted by Gasteiger charge is -2.12. The third kappa shape index (κ3) is 10.3. The maximum absolute atomic E-state index is 12.2. The van der Waals surface area contributed by atoms with E-state index in [4.69, 9.17) is 4.74 Å². The lowest BCUT2D eigenvalue weighted by atomic mass is 10.2. The molecule has 0 spiro atoms. The van der Waals surface area contributed by atoms with E-state index in [-0.39, 0.29) is 11.4 Å². The number of benzene rings is 1. The third-order valence-corrected chi connectivity index (χ3v) is 5.03. The quantitative estimate of drug-likeness (QED) is 0.284. The molecule has 0 bridgehead atoms. The van der Waals surface area contributed by atoms with Crippen molar-refractivity contribution in [3.8, 4) is 0 Å². The monoisotopic (exact) mass is 398 g/mol. The van der Waals surface area contributed by atoms with Gasteiger partial charge in [0, 0.05) is 39.4 Å². The summed E-state index contributed by atoms with van der Waals surface area (Å²) in [4.78, 5) is 4.74. The summed E-state index contributed by atoms with van der Waals surface area (Å²) >= 11 is 0. The molecule has 0 saturated heterocycles. The number of aryl methyl sites for hydroxylation is 1. The Hall–Kier alpha value is -1.64. The van der Waals surface area contributed by atoms with Crippen molar-refractivity contribution in [1.29, 1.82) is 0 Å². The Kier molecular flexibility index (Phi) is 11.0. The van der Waals surface area contributed by atoms with Gasteiger partial charge in [0.15, 0.2) is 5.96 Å². The van der Waals surface area contributed by atoms with Crippen LogP contribution in [0.1, 0.15) is 32.8 Å². The maximum atomic E-state index is 12.2. The van der Waals surface area contributed by atoms with Gasteiger partial charge in [-0.3, -0.25) is 4.99 Å². The van der Waals surface area contributed by atoms with Crippen molar-refractivity contribution in [1.82, 2.24) is 15.4 Å². The molecule has 27 heavy (non-hydrogen) atoms. The largest absolute Gasteiger partial charge is 0.381 e. The minimum absolute atomic E-state index is 0.273. The molecule has 3 N–H and O–H groups in total. The molecule has 1 aromatic rings. The van der Waals surface area contributed by atoms with Gasteiger partial charge in [-0.1, -0.05) is 31.5 Å². The molecular formula is C19H34N4O3S. The summed E-state index contributed by atoms with van der Waals surface area (Å²) < 4.78 is 32.6. The van der Waals surface area contributed by atoms with E-state index in [1.165, 1.54) is 0 Å². The summed E-state index contributed by atoms with van der Waals surface area (Å²) in [6.45, 7) is 11.7. The molecule has 7 nitrogen and oxygen atoms in total. The topological polar surface area (TPSA) is 91.8 Å². The summed E-state index contributed by atoms with van der Waals surface area (Å²) in [5.74, 6) is 1.21. The van der Waals surface area contributed by atoms with E-state index in [9.17, 15) is 8.42 Å². The highest BCUT2D eigenvalue weighted by molar-refractivity contribution is 7.89. The van der Waals surface area contributed by atoms with Crippen molar-refractivity contribution in [2.24, 2.45) is 10.9 Å². The predicted octanol–water partition coefficient (Wildman–Crippen LogP) is 1.89. The highest BCUT2D eigenvalue weighted by atomic mass is 32.2. The summed E-state index contributed by atoms with van der Waals surface area (Å²) in [6, 6.07) is 6.79. The minimum Gasteiger partial charge on any atom is -0.381 e. The van der Waals surface area contributed by atoms with Crippen LogP contribution < -0.4 is 15.4 Å². The second-order valence-corrected chi connectivity index (χ2v) is 8.49. The second kappa shape index (κ2) is 12.7. The van der Waals surface area contributed by atoms with Crippen molar-refractivity contribution in [3.05, 3.63) is 29.8 Å². The van der Waals surface area contributed by atoms with E-state index >= 15 is 0 Å². The van der Waals surface area contributed by atoms with Crippen LogP contribution in [-0.2, 0) is 14.8 Å². The van der Waals surface area contributed by atoms with Gasteiger partial charge in [-0.2, -0.15) is 0 Å². The molecule has 0 heterocycles. The van der Waals surface area contributed by atoms with Gasteiger partial charge in [-0.25, -0.2) is 13.1 Å². The van der Waals surface area contributed by atoms with Crippen LogP contribution in [0.15, 0.2) is 34.2 Å². The van der Waals surface area contributed by atoms with Gasteiger partial charge < -0.3 is 15.4 Å². The fourth-order valence-corrected chi connectivity index (χ4v) is 3.22. The maximum Gasteiger partial charge on any atom is 0.240 e. The average Bonchev–Trinajstić information content (AvgIpc) is 2.61. The molecule has 0 radical (unpaired) electrons. The van der Waals surface area contributed by atoms with Crippen LogP contribution in [0.25, 0.3) is 0 Å². The average molecular weight is 399 g/mol. The van der Waals surface area contributed by atoms with Crippen molar-refractivity contribution in [3.63, 3.8) is 0 Å². The first kappa shape index (κ1) is 23.4. The molecule has 0 aliphatic carbocycles. The standard InChI is InChI=1S/C19H34N4O3S/c1-5-20-19(21-11-6-14-26-15-16(2)3)22-12-13-23-27(24,25)18-9-7-17(4)8-10-18/h7-10,16,23H,5-6,11-15H2,1-4H3,(H2,20,21,22). The number of hydrogen-bond donors (Lipinski definition) is 3. The Labute approximate surface area is 164 Å². The summed E-state index contributed by atoms with van der Waals surface area (Å²) in [7, 11) is -3.49. The van der Waals surface area contributed by atoms with E-state index in [2.05, 4.69) is 34.2 Å². The number of nitrogens with one attached hydrogen (secondary N) is 3. The van der Waals surface area contributed by atoms with E-state index in [0.717, 1.165) is 25.1 Å². The summed E-state index contributed by atoms with van der Waals surface area (Å²) in [6.07, 6.45) is 0.851. The molecule has 0 saturated carbocycles. The molecule has 0 aliphatic heterocycles. The zero-order chi connectivity index (χ0) is 20.1. The molecule has 0 atom stereocenters. The minimum atomic E-state index is -3.49. The number of rotatable bonds is 12. The van der Waals surface area contributed by atoms with Crippen LogP contribution in [-0.4, -0.2) is 53.8 Å². The van der Waals surface area contributed by atoms with Gasteiger partial charge in [-0.05, 0) is 38.3 Å². The molecule has 0 aromatic heterocycles. The first-order valence-corrected chi connectivity index (χ1v) is 11.0. The second-order valence-electron chi connectivity index (χ2n) is 6.72. The van der Waals surface area contributed by atoms with Crippen LogP contribution in [0.3, 0.4) is 0 Å². The summed E-state index contributed by atoms with van der Waals surface area (Å²) in [5, 5.41) is 6.28. The lowest BCUT2D eigenvalue weighted by Crippen LogP contribution is -2.41. The Morgan fingerprint density at radius 3 is 2.48 bits per heavy atom. The Bertz CT molecular complexity index is 658. The van der Waals surface area contributed by atoms with Gasteiger partial charge in [-0.15, -0.1) is 0 Å². The normalized spacial score (nSPS) is 12.4. The smallest absolute Gasteiger partial charge is 0.240 e. The van der Waals surface area contributed by atoms with Crippen molar-refractivity contribution >= 4 is 16.0 Å². The van der Waals surface area contributed by atoms with Gasteiger partial charge in [0.05, 0.1) is 4.90 Å². The third-order valence-electron chi connectivity index (χ3n) is 3.55. The number of nitrogens with zero attached hydrogens (tertiary/aromatic N) is 1. The Morgan fingerprint density at radius 1 is 1.15 bits per heavy atom. The van der Waals surface area contributed by atoms with Crippen molar-refractivity contribution in [2.45, 2.75) is 39.0 Å². The molecule has 0 amide bonds. The van der Waals surface area contributed by atoms with Crippen LogP contribution in [0.5, 0.6) is 0 Å². The predicted molar refractivity (Wildman–Crippen MR) is 111 cm³/mol. The van der Waals surface area contributed by atoms with E-state index in [1.54, 1.807) is 24.3 Å². The zero-order valence-electron chi connectivity index (χ0n) is 16.9. The number of sulfonamides is 1. The summed E-state index contributed by atoms with van der Waals surface area (Å²) in [5.41, 5.74) is 1.02. The van der Waals surface area contributed by atoms with Gasteiger partial charge in [0.2, 0.25) is 10.0 Å². The highest BCUT2D eigenvalue weighted by Crippen LogP contribution is 2.09. The highest BCUT2D eigenvalue weighted by Gasteiger charge is 2.12. The number of ether oxygens (including phenoxy) is 1. The number of guanidine groups is 1. The van der Waals surface area contributed by atoms with Crippen LogP contribution in [0.4, 0.5) is 0 Å². The molecular weight excluding hydrogens is 364 g/mol. The molecule has 0 fully saturated rings. The molecule has 154 valence electrons. The van der Waals surface area contributed by atoms with Gasteiger partial charge in [0.25, 0.3) is 0 Å². The van der Waals surface area contributed by atoms with E-state index < -0.39 is 10.0 Å². The fourth-order valence-electron chi connectivity index (χ4n) is 2.19. The van der Waals surface area contributed by atoms with Crippen LogP contribution >= 0.6 is 0 Å². The number of aliphatic imine (C=N–C) groups is 1. The van der Waals surface area contributed by atoms with Crippen molar-refractivity contribution < 1.29 is 13.2 Å². The Morgan fingerprint density at radius 2 is 1.85 bits per heavy atom. The molecule has 0 aliphatic rings. The first-order valence-electron chi connectivity index (χ1n) is 9.51. The first-order chi connectivity index (χ1) is 12.8. The van der Waals surface area contributed by atoms with Crippen LogP contribution in [0, 0.1) is 12.8 Å². The van der Waals surface area contributed by atoms with Gasteiger partial charge in [0.1, 0.15) is 0 Å². The van der Waals surface area contributed by atoms with Crippen LogP contribution in [0.2, 0.25) is 0 Å². The molecule has 8 heteroatoms. The van der Waals surface area contributed by atoms with E-state index in [0.29, 0.717) is 31.6 Å². The SMILES string of the molecule is CCNC(=NCCCOCC(C)C)NCCNS(=O)(=O)c1ccc(C)cc1. The fraction of sp³-hybridized carbons (Fsp3) is 0.632. The number of hydrogen-bond acceptors (Lipinski definition) is 4. The van der Waals surface area contributed by atoms with Gasteiger partial charge >= 0.3 is 0 Å². The van der Waals surface area contributed by atoms with Crippen molar-refractivity contribution in [2.75, 3.05) is 39.4 Å².